The number of fused-ring (bicyclic) bond motifs is 4. The Morgan fingerprint density at radius 3 is 1.47 bits per heavy atom. The van der Waals surface area contributed by atoms with Gasteiger partial charge >= 0.3 is 0 Å². The quantitative estimate of drug-likeness (QED) is 0.142. The molecule has 0 unspecified atom stereocenters. The van der Waals surface area contributed by atoms with Crippen LogP contribution < -0.4 is 26.2 Å². The molecule has 0 atom stereocenters. The number of anilines is 6. The summed E-state index contributed by atoms with van der Waals surface area (Å²) in [7, 11) is 0. The minimum atomic E-state index is -0.0706. The van der Waals surface area contributed by atoms with E-state index in [2.05, 4.69) is 240 Å². The average molecular weight is 858 g/mol. The third-order valence-corrected chi connectivity index (χ3v) is 13.9. The van der Waals surface area contributed by atoms with Crippen LogP contribution in [0.25, 0.3) is 44.5 Å². The molecule has 0 bridgehead atoms. The second kappa shape index (κ2) is 16.7. The molecule has 2 heterocycles. The fraction of sp³-hybridized carbons (Fsp3) is 0. The maximum absolute atomic E-state index is 10.2. The van der Waals surface area contributed by atoms with E-state index in [-0.39, 0.29) is 6.71 Å². The van der Waals surface area contributed by atoms with Crippen LogP contribution in [-0.2, 0) is 0 Å². The summed E-state index contributed by atoms with van der Waals surface area (Å²) in [6, 6.07) is 89.8. The number of nitriles is 1. The molecule has 66 heavy (non-hydrogen) atoms. The Bertz CT molecular complexity index is 3410. The van der Waals surface area contributed by atoms with Crippen molar-refractivity contribution in [2.24, 2.45) is 0 Å². The van der Waals surface area contributed by atoms with Crippen molar-refractivity contribution in [3.05, 3.63) is 248 Å². The van der Waals surface area contributed by atoms with Crippen LogP contribution in [0, 0.1) is 11.3 Å². The summed E-state index contributed by atoms with van der Waals surface area (Å²) in [4.78, 5) is 7.36. The van der Waals surface area contributed by atoms with E-state index in [4.69, 9.17) is 0 Å². The van der Waals surface area contributed by atoms with Crippen molar-refractivity contribution in [2.75, 3.05) is 9.80 Å². The van der Waals surface area contributed by atoms with Crippen LogP contribution in [0.4, 0.5) is 34.1 Å². The lowest BCUT2D eigenvalue weighted by Crippen LogP contribution is -2.61. The Morgan fingerprint density at radius 1 is 0.348 bits per heavy atom. The molecule has 10 aromatic rings. The zero-order valence-corrected chi connectivity index (χ0v) is 36.7. The Balaban J connectivity index is 1.19. The van der Waals surface area contributed by atoms with Gasteiger partial charge < -0.3 is 9.80 Å². The predicted octanol–water partition coefficient (Wildman–Crippen LogP) is 14.5. The molecule has 3 nitrogen and oxygen atoms in total. The molecule has 0 fully saturated rings. The molecule has 0 aromatic heterocycles. The maximum atomic E-state index is 10.2. The number of rotatable bonds is 8. The van der Waals surface area contributed by atoms with Gasteiger partial charge in [-0.05, 0) is 134 Å². The average Bonchev–Trinajstić information content (AvgIpc) is 3.39. The van der Waals surface area contributed by atoms with Crippen molar-refractivity contribution < 1.29 is 0 Å². The van der Waals surface area contributed by atoms with E-state index in [0.29, 0.717) is 5.56 Å². The number of hydrogen-bond donors (Lipinski definition) is 0. The number of hydrogen-bond acceptors (Lipinski definition) is 4. The van der Waals surface area contributed by atoms with Gasteiger partial charge in [-0.2, -0.15) is 5.26 Å². The number of para-hydroxylation sites is 1. The van der Waals surface area contributed by atoms with Crippen LogP contribution >= 0.6 is 11.8 Å². The minimum absolute atomic E-state index is 0.0706. The molecule has 0 radical (unpaired) electrons. The molecule has 0 spiro atoms. The van der Waals surface area contributed by atoms with Crippen LogP contribution in [0.5, 0.6) is 0 Å². The van der Waals surface area contributed by atoms with E-state index in [1.165, 1.54) is 26.2 Å². The predicted molar refractivity (Wildman–Crippen MR) is 277 cm³/mol. The van der Waals surface area contributed by atoms with Gasteiger partial charge in [0.15, 0.2) is 0 Å². The highest BCUT2D eigenvalue weighted by molar-refractivity contribution is 7.99. The van der Waals surface area contributed by atoms with E-state index in [0.717, 1.165) is 78.6 Å². The minimum Gasteiger partial charge on any atom is -0.311 e. The first-order valence-electron chi connectivity index (χ1n) is 22.3. The summed E-state index contributed by atoms with van der Waals surface area (Å²) in [6.07, 6.45) is 0. The second-order valence-electron chi connectivity index (χ2n) is 16.8. The normalized spacial score (nSPS) is 12.2. The van der Waals surface area contributed by atoms with E-state index in [1.54, 1.807) is 11.8 Å². The molecular formula is C61H40BN3S. The van der Waals surface area contributed by atoms with E-state index in [1.807, 2.05) is 18.2 Å². The van der Waals surface area contributed by atoms with Gasteiger partial charge in [0.1, 0.15) is 0 Å². The highest BCUT2D eigenvalue weighted by Crippen LogP contribution is 2.49. The fourth-order valence-corrected chi connectivity index (χ4v) is 10.8. The van der Waals surface area contributed by atoms with Crippen LogP contribution in [-0.4, -0.2) is 6.71 Å². The lowest BCUT2D eigenvalue weighted by Gasteiger charge is -2.45. The summed E-state index contributed by atoms with van der Waals surface area (Å²) in [5.41, 5.74) is 19.9. The Labute approximate surface area is 390 Å². The maximum Gasteiger partial charge on any atom is 0.252 e. The topological polar surface area (TPSA) is 30.3 Å². The van der Waals surface area contributed by atoms with Gasteiger partial charge in [0.25, 0.3) is 6.71 Å². The monoisotopic (exact) mass is 857 g/mol. The van der Waals surface area contributed by atoms with Gasteiger partial charge in [-0.15, -0.1) is 0 Å². The van der Waals surface area contributed by atoms with Gasteiger partial charge in [-0.25, -0.2) is 0 Å². The van der Waals surface area contributed by atoms with E-state index >= 15 is 0 Å². The second-order valence-corrected chi connectivity index (χ2v) is 17.9. The van der Waals surface area contributed by atoms with Crippen molar-refractivity contribution in [1.82, 2.24) is 0 Å². The molecule has 5 heteroatoms. The standard InChI is InChI=1S/C61H40BN3S/c63-41-42-30-33-56(53(34-42)46-24-12-4-13-25-46)65-57-29-17-16-28-54(57)62-55-32-31-52(66-51-26-14-5-15-27-51)40-58(55)64(59-38-49(39-60(65)61(59)62)45-22-10-3-11-23-45)50-36-47(43-18-6-1-7-19-43)35-48(37-50)44-20-8-2-9-21-44/h1-40H. The zero-order chi connectivity index (χ0) is 44.0. The summed E-state index contributed by atoms with van der Waals surface area (Å²) < 4.78 is 0. The van der Waals surface area contributed by atoms with Crippen molar-refractivity contribution in [3.63, 3.8) is 0 Å². The van der Waals surface area contributed by atoms with Crippen LogP contribution in [0.2, 0.25) is 0 Å². The first kappa shape index (κ1) is 39.3. The van der Waals surface area contributed by atoms with Crippen molar-refractivity contribution in [3.8, 4) is 50.6 Å². The van der Waals surface area contributed by atoms with Crippen LogP contribution in [0.3, 0.4) is 0 Å². The number of benzene rings is 10. The molecule has 12 rings (SSSR count). The SMILES string of the molecule is N#Cc1ccc(N2c3ccccc3B3c4ccc(Sc5ccccc5)cc4N(c4cc(-c5ccccc5)cc(-c5ccccc5)c4)c4cc(-c5ccccc5)cc2c43)c(-c2ccccc2)c1. The molecule has 0 amide bonds. The zero-order valence-electron chi connectivity index (χ0n) is 35.9. The molecular weight excluding hydrogens is 818 g/mol. The highest BCUT2D eigenvalue weighted by atomic mass is 32.2. The molecule has 0 aliphatic carbocycles. The van der Waals surface area contributed by atoms with Crippen molar-refractivity contribution in [2.45, 2.75) is 9.79 Å². The molecule has 0 saturated heterocycles. The smallest absolute Gasteiger partial charge is 0.252 e. The summed E-state index contributed by atoms with van der Waals surface area (Å²) in [5, 5.41) is 10.2. The van der Waals surface area contributed by atoms with Gasteiger partial charge in [0.2, 0.25) is 0 Å². The third-order valence-electron chi connectivity index (χ3n) is 12.9. The third kappa shape index (κ3) is 6.97. The summed E-state index contributed by atoms with van der Waals surface area (Å²) in [6.45, 7) is -0.0706. The number of nitrogens with zero attached hydrogens (tertiary/aromatic N) is 3. The summed E-state index contributed by atoms with van der Waals surface area (Å²) in [5.74, 6) is 0. The Hall–Kier alpha value is -8.30. The Kier molecular flexibility index (Phi) is 9.93. The first-order chi connectivity index (χ1) is 32.7. The van der Waals surface area contributed by atoms with E-state index in [9.17, 15) is 5.26 Å². The van der Waals surface area contributed by atoms with Crippen molar-refractivity contribution >= 4 is 69.0 Å². The molecule has 0 N–H and O–H groups in total. The molecule has 0 saturated carbocycles. The van der Waals surface area contributed by atoms with Gasteiger partial charge in [0.05, 0.1) is 17.3 Å². The van der Waals surface area contributed by atoms with E-state index < -0.39 is 0 Å². The lowest BCUT2D eigenvalue weighted by atomic mass is 9.33. The fourth-order valence-electron chi connectivity index (χ4n) is 9.93. The largest absolute Gasteiger partial charge is 0.311 e. The van der Waals surface area contributed by atoms with Crippen LogP contribution in [0.1, 0.15) is 5.56 Å². The highest BCUT2D eigenvalue weighted by Gasteiger charge is 2.44. The molecule has 2 aliphatic heterocycles. The molecule has 2 aliphatic rings. The Morgan fingerprint density at radius 2 is 0.864 bits per heavy atom. The molecule has 308 valence electrons. The summed E-state index contributed by atoms with van der Waals surface area (Å²) >= 11 is 1.79. The van der Waals surface area contributed by atoms with Gasteiger partial charge in [0, 0.05) is 43.8 Å². The van der Waals surface area contributed by atoms with Crippen LogP contribution in [0.15, 0.2) is 252 Å². The van der Waals surface area contributed by atoms with Crippen molar-refractivity contribution in [1.29, 1.82) is 5.26 Å². The first-order valence-corrected chi connectivity index (χ1v) is 23.1. The molecule has 10 aromatic carbocycles. The van der Waals surface area contributed by atoms with Gasteiger partial charge in [-0.1, -0.05) is 176 Å². The van der Waals surface area contributed by atoms with Gasteiger partial charge in [-0.3, -0.25) is 0 Å². The lowest BCUT2D eigenvalue weighted by molar-refractivity contribution is 1.24.